The van der Waals surface area contributed by atoms with Crippen LogP contribution in [0.2, 0.25) is 0 Å². The number of ether oxygens (including phenoxy) is 1. The van der Waals surface area contributed by atoms with E-state index in [1.807, 2.05) is 12.1 Å². The molecule has 0 spiro atoms. The van der Waals surface area contributed by atoms with Gasteiger partial charge in [0.1, 0.15) is 5.82 Å². The van der Waals surface area contributed by atoms with E-state index in [0.29, 0.717) is 6.04 Å². The highest BCUT2D eigenvalue weighted by molar-refractivity contribution is 5.75. The number of aromatic nitrogens is 2. The van der Waals surface area contributed by atoms with Crippen LogP contribution in [0.25, 0.3) is 11.0 Å². The first-order chi connectivity index (χ1) is 11.3. The quantitative estimate of drug-likeness (QED) is 0.804. The molecule has 4 rings (SSSR count). The van der Waals surface area contributed by atoms with Crippen molar-refractivity contribution < 1.29 is 4.74 Å². The zero-order valence-corrected chi connectivity index (χ0v) is 13.3. The number of hydrogen-bond donors (Lipinski definition) is 1. The molecule has 1 N–H and O–H groups in total. The van der Waals surface area contributed by atoms with Gasteiger partial charge in [0.05, 0.1) is 23.7 Å². The van der Waals surface area contributed by atoms with E-state index < -0.39 is 0 Å². The molecular formula is C19H21N3O. The third kappa shape index (κ3) is 2.76. The summed E-state index contributed by atoms with van der Waals surface area (Å²) in [5.41, 5.74) is 3.47. The predicted octanol–water partition coefficient (Wildman–Crippen LogP) is 3.19. The first-order valence-corrected chi connectivity index (χ1v) is 8.13. The van der Waals surface area contributed by atoms with Crippen LogP contribution < -0.4 is 5.32 Å². The summed E-state index contributed by atoms with van der Waals surface area (Å²) in [6.07, 6.45) is 1.16. The molecule has 2 aromatic carbocycles. The first-order valence-electron chi connectivity index (χ1n) is 8.13. The Hall–Kier alpha value is -2.17. The van der Waals surface area contributed by atoms with Gasteiger partial charge in [0, 0.05) is 19.7 Å². The minimum absolute atomic E-state index is 0.130. The fourth-order valence-corrected chi connectivity index (χ4v) is 3.35. The van der Waals surface area contributed by atoms with Crippen LogP contribution in [0.4, 0.5) is 0 Å². The fourth-order valence-electron chi connectivity index (χ4n) is 3.35. The molecule has 0 aliphatic carbocycles. The van der Waals surface area contributed by atoms with Crippen molar-refractivity contribution in [3.63, 3.8) is 0 Å². The van der Waals surface area contributed by atoms with E-state index in [1.54, 1.807) is 0 Å². The standard InChI is InChI=1S/C19H21N3O/c1-22-17-10-6-5-9-15(17)21-18(22)13-20-16-11-12-23-19(16)14-7-3-2-4-8-14/h2-10,16,19-20H,11-13H2,1H3/t16-,19-/m1/s1. The molecule has 1 aromatic heterocycles. The molecule has 118 valence electrons. The highest BCUT2D eigenvalue weighted by Gasteiger charge is 2.29. The lowest BCUT2D eigenvalue weighted by Crippen LogP contribution is -2.32. The molecule has 23 heavy (non-hydrogen) atoms. The van der Waals surface area contributed by atoms with Gasteiger partial charge < -0.3 is 14.6 Å². The monoisotopic (exact) mass is 307 g/mol. The average Bonchev–Trinajstić information content (AvgIpc) is 3.19. The highest BCUT2D eigenvalue weighted by atomic mass is 16.5. The molecule has 0 radical (unpaired) electrons. The molecule has 3 aromatic rings. The summed E-state index contributed by atoms with van der Waals surface area (Å²) in [5, 5.41) is 3.64. The number of nitrogens with zero attached hydrogens (tertiary/aromatic N) is 2. The lowest BCUT2D eigenvalue weighted by atomic mass is 10.0. The molecule has 4 heteroatoms. The van der Waals surface area contributed by atoms with Crippen molar-refractivity contribution in [1.82, 2.24) is 14.9 Å². The Labute approximate surface area is 136 Å². The third-order valence-corrected chi connectivity index (χ3v) is 4.62. The van der Waals surface area contributed by atoms with Crippen molar-refractivity contribution in [3.05, 3.63) is 66.0 Å². The maximum absolute atomic E-state index is 5.94. The Morgan fingerprint density at radius 1 is 1.13 bits per heavy atom. The number of para-hydroxylation sites is 2. The van der Waals surface area contributed by atoms with E-state index in [0.717, 1.165) is 30.9 Å². The molecule has 4 nitrogen and oxygen atoms in total. The van der Waals surface area contributed by atoms with Crippen LogP contribution in [0.1, 0.15) is 23.9 Å². The largest absolute Gasteiger partial charge is 0.372 e. The number of nitrogens with one attached hydrogen (secondary N) is 1. The van der Waals surface area contributed by atoms with Crippen molar-refractivity contribution >= 4 is 11.0 Å². The normalized spacial score (nSPS) is 21.1. The molecule has 2 heterocycles. The zero-order chi connectivity index (χ0) is 15.6. The zero-order valence-electron chi connectivity index (χ0n) is 13.3. The SMILES string of the molecule is Cn1c(CN[C@@H]2CCO[C@@H]2c2ccccc2)nc2ccccc21. The minimum atomic E-state index is 0.130. The second-order valence-electron chi connectivity index (χ2n) is 6.05. The number of aryl methyl sites for hydroxylation is 1. The first kappa shape index (κ1) is 14.4. The van der Waals surface area contributed by atoms with Gasteiger partial charge in [-0.05, 0) is 24.1 Å². The number of rotatable bonds is 4. The van der Waals surface area contributed by atoms with E-state index in [-0.39, 0.29) is 6.10 Å². The molecule has 0 bridgehead atoms. The van der Waals surface area contributed by atoms with Gasteiger partial charge in [-0.2, -0.15) is 0 Å². The minimum Gasteiger partial charge on any atom is -0.372 e. The molecule has 1 aliphatic heterocycles. The number of fused-ring (bicyclic) bond motifs is 1. The van der Waals surface area contributed by atoms with Crippen molar-refractivity contribution in [2.24, 2.45) is 7.05 Å². The summed E-state index contributed by atoms with van der Waals surface area (Å²) in [6.45, 7) is 1.56. The van der Waals surface area contributed by atoms with E-state index in [2.05, 4.69) is 59.4 Å². The molecule has 0 amide bonds. The molecule has 1 fully saturated rings. The van der Waals surface area contributed by atoms with Gasteiger partial charge in [-0.15, -0.1) is 0 Å². The van der Waals surface area contributed by atoms with E-state index in [1.165, 1.54) is 11.1 Å². The fraction of sp³-hybridized carbons (Fsp3) is 0.316. The van der Waals surface area contributed by atoms with Crippen molar-refractivity contribution in [2.75, 3.05) is 6.61 Å². The Morgan fingerprint density at radius 3 is 2.74 bits per heavy atom. The summed E-state index contributed by atoms with van der Waals surface area (Å²) >= 11 is 0. The van der Waals surface area contributed by atoms with Gasteiger partial charge in [0.15, 0.2) is 0 Å². The topological polar surface area (TPSA) is 39.1 Å². The van der Waals surface area contributed by atoms with E-state index in [4.69, 9.17) is 9.72 Å². The van der Waals surface area contributed by atoms with E-state index >= 15 is 0 Å². The Bertz CT molecular complexity index is 797. The van der Waals surface area contributed by atoms with Crippen LogP contribution in [0.15, 0.2) is 54.6 Å². The van der Waals surface area contributed by atoms with Gasteiger partial charge in [-0.25, -0.2) is 4.98 Å². The number of hydrogen-bond acceptors (Lipinski definition) is 3. The van der Waals surface area contributed by atoms with Crippen LogP contribution in [-0.2, 0) is 18.3 Å². The summed E-state index contributed by atoms with van der Waals surface area (Å²) in [4.78, 5) is 4.73. The Morgan fingerprint density at radius 2 is 1.91 bits per heavy atom. The van der Waals surface area contributed by atoms with Gasteiger partial charge in [0.2, 0.25) is 0 Å². The summed E-state index contributed by atoms with van der Waals surface area (Å²) in [5.74, 6) is 1.06. The van der Waals surface area contributed by atoms with Crippen molar-refractivity contribution in [2.45, 2.75) is 25.1 Å². The smallest absolute Gasteiger partial charge is 0.123 e. The maximum atomic E-state index is 5.94. The summed E-state index contributed by atoms with van der Waals surface area (Å²) in [6, 6.07) is 19.0. The summed E-state index contributed by atoms with van der Waals surface area (Å²) in [7, 11) is 2.08. The van der Waals surface area contributed by atoms with Crippen LogP contribution in [0.5, 0.6) is 0 Å². The molecule has 1 aliphatic rings. The predicted molar refractivity (Wildman–Crippen MR) is 91.1 cm³/mol. The summed E-state index contributed by atoms with van der Waals surface area (Å²) < 4.78 is 8.10. The Kier molecular flexibility index (Phi) is 3.85. The lowest BCUT2D eigenvalue weighted by molar-refractivity contribution is 0.0983. The Balaban J connectivity index is 1.50. The van der Waals surface area contributed by atoms with Crippen LogP contribution in [-0.4, -0.2) is 22.2 Å². The van der Waals surface area contributed by atoms with Gasteiger partial charge in [-0.1, -0.05) is 42.5 Å². The van der Waals surface area contributed by atoms with Crippen LogP contribution >= 0.6 is 0 Å². The van der Waals surface area contributed by atoms with E-state index in [9.17, 15) is 0 Å². The van der Waals surface area contributed by atoms with Crippen LogP contribution in [0, 0.1) is 0 Å². The van der Waals surface area contributed by atoms with Crippen LogP contribution in [0.3, 0.4) is 0 Å². The van der Waals surface area contributed by atoms with Gasteiger partial charge >= 0.3 is 0 Å². The lowest BCUT2D eigenvalue weighted by Gasteiger charge is -2.20. The van der Waals surface area contributed by atoms with Crippen molar-refractivity contribution in [3.8, 4) is 0 Å². The number of imidazole rings is 1. The molecule has 2 atom stereocenters. The van der Waals surface area contributed by atoms with Crippen molar-refractivity contribution in [1.29, 1.82) is 0 Å². The second kappa shape index (κ2) is 6.14. The highest BCUT2D eigenvalue weighted by Crippen LogP contribution is 2.29. The maximum Gasteiger partial charge on any atom is 0.123 e. The molecular weight excluding hydrogens is 286 g/mol. The van der Waals surface area contributed by atoms with Gasteiger partial charge in [0.25, 0.3) is 0 Å². The third-order valence-electron chi connectivity index (χ3n) is 4.62. The second-order valence-corrected chi connectivity index (χ2v) is 6.05. The van der Waals surface area contributed by atoms with Gasteiger partial charge in [-0.3, -0.25) is 0 Å². The molecule has 0 unspecified atom stereocenters. The molecule has 1 saturated heterocycles. The molecule has 0 saturated carbocycles. The number of benzene rings is 2. The average molecular weight is 307 g/mol.